The molecule has 0 aromatic heterocycles. The number of carbonyl (C=O) groups is 4. The third-order valence-electron chi connectivity index (χ3n) is 3.26. The fraction of sp³-hybridized carbons (Fsp3) is 0.778. The van der Waals surface area contributed by atoms with Gasteiger partial charge < -0.3 is 41.0 Å². The number of rotatable bonds is 9. The molecule has 2 atom stereocenters. The number of amides is 4. The second-order valence-electron chi connectivity index (χ2n) is 8.47. The summed E-state index contributed by atoms with van der Waals surface area (Å²) in [7, 11) is 0. The van der Waals surface area contributed by atoms with Crippen molar-refractivity contribution < 1.29 is 38.9 Å². The van der Waals surface area contributed by atoms with Crippen molar-refractivity contribution in [3.05, 3.63) is 0 Å². The molecule has 12 nitrogen and oxygen atoms in total. The molecule has 0 aromatic carbocycles. The molecule has 2 unspecified atom stereocenters. The van der Waals surface area contributed by atoms with Crippen LogP contribution >= 0.6 is 0 Å². The molecule has 0 aliphatic rings. The zero-order chi connectivity index (χ0) is 23.7. The van der Waals surface area contributed by atoms with Crippen LogP contribution in [0.5, 0.6) is 0 Å². The van der Waals surface area contributed by atoms with E-state index in [2.05, 4.69) is 10.6 Å². The summed E-state index contributed by atoms with van der Waals surface area (Å²) in [5.74, 6) is -2.27. The van der Waals surface area contributed by atoms with Crippen molar-refractivity contribution in [2.24, 2.45) is 5.73 Å². The molecule has 12 heteroatoms. The number of carbonyl (C=O) groups excluding carboxylic acids is 4. The third-order valence-corrected chi connectivity index (χ3v) is 3.26. The van der Waals surface area contributed by atoms with Gasteiger partial charge in [-0.25, -0.2) is 9.59 Å². The summed E-state index contributed by atoms with van der Waals surface area (Å²) in [6.45, 7) is 9.82. The second kappa shape index (κ2) is 11.6. The molecule has 0 heterocycles. The fourth-order valence-corrected chi connectivity index (χ4v) is 2.02. The molecule has 30 heavy (non-hydrogen) atoms. The number of hydrogen-bond donors (Lipinski definition) is 5. The van der Waals surface area contributed by atoms with E-state index in [1.165, 1.54) is 0 Å². The summed E-state index contributed by atoms with van der Waals surface area (Å²) in [4.78, 5) is 47.9. The molecule has 0 fully saturated rings. The molecule has 0 rings (SSSR count). The number of ether oxygens (including phenoxy) is 2. The van der Waals surface area contributed by atoms with Crippen molar-refractivity contribution in [3.8, 4) is 0 Å². The number of aliphatic hydroxyl groups is 2. The zero-order valence-corrected chi connectivity index (χ0v) is 18.4. The Labute approximate surface area is 176 Å². The summed E-state index contributed by atoms with van der Waals surface area (Å²) >= 11 is 0. The molecule has 0 saturated heterocycles. The Morgan fingerprint density at radius 3 is 1.50 bits per heavy atom. The zero-order valence-electron chi connectivity index (χ0n) is 18.4. The van der Waals surface area contributed by atoms with Crippen molar-refractivity contribution >= 4 is 24.0 Å². The number of primary amides is 1. The second-order valence-corrected chi connectivity index (χ2v) is 8.47. The topological polar surface area (TPSA) is 181 Å². The first-order valence-electron chi connectivity index (χ1n) is 9.41. The standard InChI is InChI=1S/C18H34N4O8/c1-17(2,3)29-15(27)20-7-9-22(14(26)12(24)11(23)13(19)25)10-8-21-16(28)30-18(4,5)6/h11-12,23-24H,7-10H2,1-6H3,(H2,19,25)(H,20,27)(H,21,28). The number of alkyl carbamates (subject to hydrolysis) is 2. The minimum atomic E-state index is -2.10. The monoisotopic (exact) mass is 434 g/mol. The Balaban J connectivity index is 4.92. The average molecular weight is 434 g/mol. The van der Waals surface area contributed by atoms with Crippen LogP contribution in [0.2, 0.25) is 0 Å². The van der Waals surface area contributed by atoms with Gasteiger partial charge in [0.2, 0.25) is 5.91 Å². The van der Waals surface area contributed by atoms with Gasteiger partial charge in [0.05, 0.1) is 0 Å². The predicted molar refractivity (Wildman–Crippen MR) is 106 cm³/mol. The summed E-state index contributed by atoms with van der Waals surface area (Å²) < 4.78 is 10.2. The average Bonchev–Trinajstić information content (AvgIpc) is 2.55. The molecule has 0 spiro atoms. The van der Waals surface area contributed by atoms with Gasteiger partial charge >= 0.3 is 12.2 Å². The van der Waals surface area contributed by atoms with Crippen LogP contribution in [0.1, 0.15) is 41.5 Å². The quantitative estimate of drug-likeness (QED) is 0.308. The van der Waals surface area contributed by atoms with Crippen molar-refractivity contribution in [2.75, 3.05) is 26.2 Å². The molecule has 0 radical (unpaired) electrons. The summed E-state index contributed by atoms with van der Waals surface area (Å²) in [5, 5.41) is 24.3. The first kappa shape index (κ1) is 27.4. The highest BCUT2D eigenvalue weighted by Crippen LogP contribution is 2.07. The molecule has 0 aliphatic heterocycles. The molecule has 0 bridgehead atoms. The molecule has 4 amide bonds. The Hall–Kier alpha value is -2.60. The van der Waals surface area contributed by atoms with Crippen molar-refractivity contribution in [2.45, 2.75) is 65.0 Å². The van der Waals surface area contributed by atoms with Gasteiger partial charge in [-0.05, 0) is 41.5 Å². The van der Waals surface area contributed by atoms with Crippen LogP contribution in [0.3, 0.4) is 0 Å². The van der Waals surface area contributed by atoms with E-state index in [0.717, 1.165) is 4.90 Å². The predicted octanol–water partition coefficient (Wildman–Crippen LogP) is -0.928. The minimum absolute atomic E-state index is 0.0491. The number of hydrogen-bond acceptors (Lipinski definition) is 8. The Kier molecular flexibility index (Phi) is 10.5. The summed E-state index contributed by atoms with van der Waals surface area (Å²) in [5.41, 5.74) is 3.49. The van der Waals surface area contributed by atoms with Gasteiger partial charge in [-0.1, -0.05) is 0 Å². The van der Waals surface area contributed by atoms with E-state index in [1.54, 1.807) is 41.5 Å². The van der Waals surface area contributed by atoms with Crippen molar-refractivity contribution in [1.82, 2.24) is 15.5 Å². The van der Waals surface area contributed by atoms with Crippen molar-refractivity contribution in [1.29, 1.82) is 0 Å². The molecule has 0 aliphatic carbocycles. The van der Waals surface area contributed by atoms with Crippen LogP contribution in [-0.2, 0) is 19.1 Å². The lowest BCUT2D eigenvalue weighted by molar-refractivity contribution is -0.151. The van der Waals surface area contributed by atoms with Gasteiger partial charge in [0.1, 0.15) is 11.2 Å². The van der Waals surface area contributed by atoms with Crippen LogP contribution in [0.15, 0.2) is 0 Å². The number of nitrogens with zero attached hydrogens (tertiary/aromatic N) is 1. The Bertz CT molecular complexity index is 578. The van der Waals surface area contributed by atoms with Gasteiger partial charge in [-0.2, -0.15) is 0 Å². The smallest absolute Gasteiger partial charge is 0.407 e. The van der Waals surface area contributed by atoms with E-state index >= 15 is 0 Å². The van der Waals surface area contributed by atoms with Crippen molar-refractivity contribution in [3.63, 3.8) is 0 Å². The van der Waals surface area contributed by atoms with E-state index in [-0.39, 0.29) is 26.2 Å². The van der Waals surface area contributed by atoms with Gasteiger partial charge in [-0.15, -0.1) is 0 Å². The van der Waals surface area contributed by atoms with E-state index in [4.69, 9.17) is 15.2 Å². The maximum absolute atomic E-state index is 12.4. The number of nitrogens with one attached hydrogen (secondary N) is 2. The first-order valence-corrected chi connectivity index (χ1v) is 9.41. The van der Waals surface area contributed by atoms with Gasteiger partial charge in [0.25, 0.3) is 5.91 Å². The van der Waals surface area contributed by atoms with Crippen LogP contribution in [-0.4, -0.2) is 88.7 Å². The fourth-order valence-electron chi connectivity index (χ4n) is 2.02. The van der Waals surface area contributed by atoms with E-state index in [0.29, 0.717) is 0 Å². The Morgan fingerprint density at radius 2 is 1.20 bits per heavy atom. The minimum Gasteiger partial charge on any atom is -0.444 e. The molecular weight excluding hydrogens is 400 g/mol. The van der Waals surface area contributed by atoms with Gasteiger partial charge in [-0.3, -0.25) is 9.59 Å². The third kappa shape index (κ3) is 12.1. The van der Waals surface area contributed by atoms with E-state index in [1.807, 2.05) is 0 Å². The summed E-state index contributed by atoms with van der Waals surface area (Å²) in [6, 6.07) is 0. The van der Waals surface area contributed by atoms with Crippen LogP contribution in [0.25, 0.3) is 0 Å². The first-order chi connectivity index (χ1) is 13.5. The normalized spacial score (nSPS) is 13.6. The molecule has 0 saturated carbocycles. The SMILES string of the molecule is CC(C)(C)OC(=O)NCCN(CCNC(=O)OC(C)(C)C)C(=O)C(O)C(O)C(N)=O. The van der Waals surface area contributed by atoms with E-state index < -0.39 is 47.4 Å². The Morgan fingerprint density at radius 1 is 0.833 bits per heavy atom. The van der Waals surface area contributed by atoms with Crippen LogP contribution < -0.4 is 16.4 Å². The summed E-state index contributed by atoms with van der Waals surface area (Å²) in [6.07, 6.45) is -5.61. The molecule has 174 valence electrons. The highest BCUT2D eigenvalue weighted by atomic mass is 16.6. The number of nitrogens with two attached hydrogens (primary N) is 1. The lowest BCUT2D eigenvalue weighted by atomic mass is 10.1. The van der Waals surface area contributed by atoms with Gasteiger partial charge in [0, 0.05) is 26.2 Å². The highest BCUT2D eigenvalue weighted by Gasteiger charge is 2.32. The highest BCUT2D eigenvalue weighted by molar-refractivity contribution is 5.90. The van der Waals surface area contributed by atoms with Crippen LogP contribution in [0, 0.1) is 0 Å². The molecule has 6 N–H and O–H groups in total. The number of aliphatic hydroxyl groups excluding tert-OH is 2. The molecule has 0 aromatic rings. The largest absolute Gasteiger partial charge is 0.444 e. The lowest BCUT2D eigenvalue weighted by Crippen LogP contribution is -2.52. The maximum Gasteiger partial charge on any atom is 0.407 e. The lowest BCUT2D eigenvalue weighted by Gasteiger charge is -2.27. The van der Waals surface area contributed by atoms with Crippen LogP contribution in [0.4, 0.5) is 9.59 Å². The van der Waals surface area contributed by atoms with E-state index in [9.17, 15) is 29.4 Å². The maximum atomic E-state index is 12.4. The van der Waals surface area contributed by atoms with Gasteiger partial charge in [0.15, 0.2) is 12.2 Å². The molecular formula is C18H34N4O8.